The molecular formula is C35H45N5O5. The third-order valence-electron chi connectivity index (χ3n) is 9.16. The molecule has 10 heteroatoms. The molecule has 4 heterocycles. The lowest BCUT2D eigenvalue weighted by Gasteiger charge is -2.32. The van der Waals surface area contributed by atoms with Gasteiger partial charge in [0.25, 0.3) is 5.56 Å². The Morgan fingerprint density at radius 2 is 1.84 bits per heavy atom. The molecule has 6 rings (SSSR count). The first kappa shape index (κ1) is 31.2. The van der Waals surface area contributed by atoms with Gasteiger partial charge in [0.05, 0.1) is 12.3 Å². The van der Waals surface area contributed by atoms with Crippen LogP contribution in [0, 0.1) is 12.8 Å². The normalized spacial score (nSPS) is 20.7. The number of aromatic nitrogens is 5. The van der Waals surface area contributed by atoms with Crippen molar-refractivity contribution in [1.82, 2.24) is 23.7 Å². The highest BCUT2D eigenvalue weighted by Crippen LogP contribution is 2.32. The first-order valence-electron chi connectivity index (χ1n) is 16.5. The summed E-state index contributed by atoms with van der Waals surface area (Å²) in [5, 5.41) is 0. The van der Waals surface area contributed by atoms with Gasteiger partial charge in [-0.25, -0.2) is 14.8 Å². The first-order valence-corrected chi connectivity index (χ1v) is 16.5. The van der Waals surface area contributed by atoms with Crippen LogP contribution in [0.2, 0.25) is 0 Å². The SMILES string of the molecule is CCC(C)n1c(=O)n(CCCOC2CCCCO2)c(=O)c2c1nc(-c1ccc(OC3CC(C)C3)nc1C)n2Cc1ccccc1. The molecular weight excluding hydrogens is 570 g/mol. The topological polar surface area (TPSA) is 102 Å². The van der Waals surface area contributed by atoms with Crippen molar-refractivity contribution < 1.29 is 14.2 Å². The molecule has 1 saturated heterocycles. The molecule has 1 aromatic carbocycles. The van der Waals surface area contributed by atoms with Gasteiger partial charge in [-0.2, -0.15) is 0 Å². The number of benzene rings is 1. The Hall–Kier alpha value is -3.76. The maximum atomic E-state index is 14.3. The Morgan fingerprint density at radius 1 is 1.04 bits per heavy atom. The molecule has 45 heavy (non-hydrogen) atoms. The van der Waals surface area contributed by atoms with Crippen molar-refractivity contribution in [2.75, 3.05) is 13.2 Å². The van der Waals surface area contributed by atoms with Crippen LogP contribution in [0.25, 0.3) is 22.6 Å². The Bertz CT molecular complexity index is 1730. The van der Waals surface area contributed by atoms with Crippen molar-refractivity contribution in [1.29, 1.82) is 0 Å². The number of fused-ring (bicyclic) bond motifs is 1. The quantitative estimate of drug-likeness (QED) is 0.184. The Kier molecular flexibility index (Phi) is 9.51. The van der Waals surface area contributed by atoms with Gasteiger partial charge in [-0.15, -0.1) is 0 Å². The summed E-state index contributed by atoms with van der Waals surface area (Å²) in [5.74, 6) is 1.88. The summed E-state index contributed by atoms with van der Waals surface area (Å²) in [6, 6.07) is 13.7. The predicted octanol–water partition coefficient (Wildman–Crippen LogP) is 5.86. The Morgan fingerprint density at radius 3 is 2.53 bits per heavy atom. The van der Waals surface area contributed by atoms with Crippen LogP contribution >= 0.6 is 0 Å². The van der Waals surface area contributed by atoms with Crippen molar-refractivity contribution in [2.45, 2.75) is 104 Å². The smallest absolute Gasteiger partial charge is 0.332 e. The zero-order valence-corrected chi connectivity index (χ0v) is 26.9. The number of ether oxygens (including phenoxy) is 3. The third-order valence-corrected chi connectivity index (χ3v) is 9.16. The van der Waals surface area contributed by atoms with Crippen LogP contribution < -0.4 is 16.0 Å². The second kappa shape index (κ2) is 13.7. The van der Waals surface area contributed by atoms with Gasteiger partial charge in [0.1, 0.15) is 11.9 Å². The average Bonchev–Trinajstić information content (AvgIpc) is 3.39. The van der Waals surface area contributed by atoms with Crippen LogP contribution in [0.3, 0.4) is 0 Å². The van der Waals surface area contributed by atoms with Gasteiger partial charge < -0.3 is 18.8 Å². The van der Waals surface area contributed by atoms with E-state index in [1.54, 1.807) is 4.57 Å². The summed E-state index contributed by atoms with van der Waals surface area (Å²) >= 11 is 0. The molecule has 0 radical (unpaired) electrons. The van der Waals surface area contributed by atoms with Gasteiger partial charge in [-0.1, -0.05) is 44.2 Å². The second-order valence-electron chi connectivity index (χ2n) is 12.7. The minimum Gasteiger partial charge on any atom is -0.474 e. The van der Waals surface area contributed by atoms with E-state index < -0.39 is 0 Å². The van der Waals surface area contributed by atoms with Crippen LogP contribution in [0.1, 0.15) is 83.0 Å². The van der Waals surface area contributed by atoms with Gasteiger partial charge in [0.15, 0.2) is 17.5 Å². The van der Waals surface area contributed by atoms with Crippen LogP contribution in [0.15, 0.2) is 52.1 Å². The lowest BCUT2D eigenvalue weighted by atomic mass is 9.84. The number of imidazole rings is 1. The molecule has 2 fully saturated rings. The molecule has 2 aliphatic rings. The lowest BCUT2D eigenvalue weighted by molar-refractivity contribution is -0.163. The van der Waals surface area contributed by atoms with Crippen molar-refractivity contribution in [3.05, 3.63) is 74.6 Å². The van der Waals surface area contributed by atoms with Crippen molar-refractivity contribution in [2.24, 2.45) is 5.92 Å². The number of rotatable bonds is 12. The van der Waals surface area contributed by atoms with Crippen LogP contribution in [-0.2, 0) is 22.6 Å². The highest BCUT2D eigenvalue weighted by Gasteiger charge is 2.28. The zero-order chi connectivity index (χ0) is 31.5. The van der Waals surface area contributed by atoms with E-state index in [1.807, 2.05) is 67.8 Å². The van der Waals surface area contributed by atoms with E-state index in [4.69, 9.17) is 24.2 Å². The molecule has 0 bridgehead atoms. The first-order chi connectivity index (χ1) is 21.8. The molecule has 1 saturated carbocycles. The fraction of sp³-hybridized carbons (Fsp3) is 0.543. The number of hydrogen-bond donors (Lipinski definition) is 0. The van der Waals surface area contributed by atoms with Crippen LogP contribution in [-0.4, -0.2) is 49.3 Å². The monoisotopic (exact) mass is 615 g/mol. The largest absolute Gasteiger partial charge is 0.474 e. The van der Waals surface area contributed by atoms with E-state index in [9.17, 15) is 9.59 Å². The minimum atomic E-state index is -0.347. The zero-order valence-electron chi connectivity index (χ0n) is 26.9. The summed E-state index contributed by atoms with van der Waals surface area (Å²) in [5.41, 5.74) is 2.69. The van der Waals surface area contributed by atoms with E-state index in [2.05, 4.69) is 6.92 Å². The number of nitrogens with zero attached hydrogens (tertiary/aromatic N) is 5. The molecule has 0 amide bonds. The van der Waals surface area contributed by atoms with Crippen molar-refractivity contribution in [3.8, 4) is 17.3 Å². The van der Waals surface area contributed by atoms with E-state index in [-0.39, 0.29) is 36.2 Å². The standard InChI is InChI=1S/C35H45N5O5/c1-5-24(3)40-33-31(34(41)38(35(40)42)17-11-19-44-30-14-9-10-18-43-30)39(22-26-12-7-6-8-13-26)32(37-33)28-15-16-29(36-25(28)4)45-27-20-23(2)21-27/h6-8,12-13,15-16,23-24,27,30H,5,9-11,14,17-22H2,1-4H3. The van der Waals surface area contributed by atoms with Gasteiger partial charge >= 0.3 is 5.69 Å². The van der Waals surface area contributed by atoms with Crippen LogP contribution in [0.5, 0.6) is 5.88 Å². The summed E-state index contributed by atoms with van der Waals surface area (Å²) in [4.78, 5) is 38.1. The van der Waals surface area contributed by atoms with E-state index in [0.29, 0.717) is 61.4 Å². The molecule has 2 atom stereocenters. The maximum Gasteiger partial charge on any atom is 0.332 e. The summed E-state index contributed by atoms with van der Waals surface area (Å²) in [7, 11) is 0. The number of aryl methyl sites for hydroxylation is 1. The molecule has 2 unspecified atom stereocenters. The van der Waals surface area contributed by atoms with Gasteiger partial charge in [0.2, 0.25) is 5.88 Å². The van der Waals surface area contributed by atoms with Crippen molar-refractivity contribution in [3.63, 3.8) is 0 Å². The molecule has 3 aromatic heterocycles. The van der Waals surface area contributed by atoms with Gasteiger partial charge in [0, 0.05) is 37.4 Å². The molecule has 0 N–H and O–H groups in total. The highest BCUT2D eigenvalue weighted by molar-refractivity contribution is 5.78. The number of hydrogen-bond acceptors (Lipinski definition) is 7. The van der Waals surface area contributed by atoms with Crippen molar-refractivity contribution >= 4 is 11.2 Å². The fourth-order valence-corrected chi connectivity index (χ4v) is 6.37. The molecule has 240 valence electrons. The molecule has 1 aliphatic heterocycles. The molecule has 10 nitrogen and oxygen atoms in total. The maximum absolute atomic E-state index is 14.3. The summed E-state index contributed by atoms with van der Waals surface area (Å²) in [6.07, 6.45) is 6.29. The Labute approximate surface area is 264 Å². The average molecular weight is 616 g/mol. The second-order valence-corrected chi connectivity index (χ2v) is 12.7. The Balaban J connectivity index is 1.43. The lowest BCUT2D eigenvalue weighted by Crippen LogP contribution is -2.42. The molecule has 4 aromatic rings. The van der Waals surface area contributed by atoms with E-state index in [0.717, 1.165) is 48.9 Å². The number of pyridine rings is 1. The molecule has 1 aliphatic carbocycles. The van der Waals surface area contributed by atoms with Gasteiger partial charge in [-0.05, 0) is 76.3 Å². The minimum absolute atomic E-state index is 0.161. The highest BCUT2D eigenvalue weighted by atomic mass is 16.7. The summed E-state index contributed by atoms with van der Waals surface area (Å²) < 4.78 is 22.7. The third kappa shape index (κ3) is 6.63. The van der Waals surface area contributed by atoms with E-state index in [1.165, 1.54) is 4.57 Å². The fourth-order valence-electron chi connectivity index (χ4n) is 6.37. The predicted molar refractivity (Wildman–Crippen MR) is 174 cm³/mol. The van der Waals surface area contributed by atoms with Gasteiger partial charge in [-0.3, -0.25) is 13.9 Å². The summed E-state index contributed by atoms with van der Waals surface area (Å²) in [6.45, 7) is 9.97. The van der Waals surface area contributed by atoms with Crippen LogP contribution in [0.4, 0.5) is 0 Å². The van der Waals surface area contributed by atoms with E-state index >= 15 is 0 Å². The molecule has 0 spiro atoms.